The van der Waals surface area contributed by atoms with Crippen LogP contribution in [0, 0.1) is 10.8 Å². The van der Waals surface area contributed by atoms with Crippen molar-refractivity contribution in [2.45, 2.75) is 67.0 Å². The molecule has 0 amide bonds. The minimum Gasteiger partial charge on any atom is -0.535 e. The highest BCUT2D eigenvalue weighted by Crippen LogP contribution is 2.49. The Hall–Kier alpha value is -1.42. The van der Waals surface area contributed by atoms with Gasteiger partial charge in [-0.05, 0) is 23.9 Å². The fourth-order valence-corrected chi connectivity index (χ4v) is 3.49. The van der Waals surface area contributed by atoms with Gasteiger partial charge < -0.3 is 14.0 Å². The second kappa shape index (κ2) is 5.84. The van der Waals surface area contributed by atoms with E-state index in [-0.39, 0.29) is 30.2 Å². The summed E-state index contributed by atoms with van der Waals surface area (Å²) >= 11 is 0. The number of rotatable bonds is 1. The van der Waals surface area contributed by atoms with Crippen molar-refractivity contribution in [3.63, 3.8) is 0 Å². The molecule has 2 aliphatic rings. The molecular formula is C20H29BO3. The summed E-state index contributed by atoms with van der Waals surface area (Å²) in [6, 6.07) is 8.17. The van der Waals surface area contributed by atoms with Crippen LogP contribution in [-0.4, -0.2) is 19.3 Å². The van der Waals surface area contributed by atoms with E-state index in [2.05, 4.69) is 54.5 Å². The Morgan fingerprint density at radius 3 is 2.17 bits per heavy atom. The molecule has 0 radical (unpaired) electrons. The first-order valence-corrected chi connectivity index (χ1v) is 8.95. The molecule has 24 heavy (non-hydrogen) atoms. The van der Waals surface area contributed by atoms with Crippen molar-refractivity contribution < 1.29 is 14.0 Å². The monoisotopic (exact) mass is 328 g/mol. The predicted octanol–water partition coefficient (Wildman–Crippen LogP) is 5.17. The van der Waals surface area contributed by atoms with Crippen LogP contribution in [0.1, 0.15) is 54.0 Å². The Labute approximate surface area is 146 Å². The Morgan fingerprint density at radius 1 is 0.958 bits per heavy atom. The smallest absolute Gasteiger partial charge is 0.525 e. The molecule has 1 aromatic rings. The number of hydrogen-bond acceptors (Lipinski definition) is 3. The molecule has 3 rings (SSSR count). The molecule has 3 nitrogen and oxygen atoms in total. The van der Waals surface area contributed by atoms with Crippen LogP contribution >= 0.6 is 0 Å². The van der Waals surface area contributed by atoms with Crippen LogP contribution < -0.4 is 4.74 Å². The molecule has 0 saturated carbocycles. The van der Waals surface area contributed by atoms with Crippen molar-refractivity contribution in [1.29, 1.82) is 0 Å². The van der Waals surface area contributed by atoms with Crippen molar-refractivity contribution in [1.82, 2.24) is 0 Å². The van der Waals surface area contributed by atoms with Gasteiger partial charge in [0.1, 0.15) is 17.6 Å². The van der Waals surface area contributed by atoms with Crippen LogP contribution in [0.4, 0.5) is 0 Å². The van der Waals surface area contributed by atoms with Gasteiger partial charge in [0.05, 0.1) is 11.7 Å². The van der Waals surface area contributed by atoms with E-state index < -0.39 is 0 Å². The fourth-order valence-electron chi connectivity index (χ4n) is 3.49. The third kappa shape index (κ3) is 2.97. The summed E-state index contributed by atoms with van der Waals surface area (Å²) in [6.07, 6.45) is 0.736. The number of hydrogen-bond donors (Lipinski definition) is 0. The number of ether oxygens (including phenoxy) is 1. The molecule has 130 valence electrons. The second-order valence-electron chi connectivity index (χ2n) is 8.98. The van der Waals surface area contributed by atoms with Gasteiger partial charge in [0.25, 0.3) is 0 Å². The average Bonchev–Trinajstić information content (AvgIpc) is 2.51. The molecule has 2 heterocycles. The van der Waals surface area contributed by atoms with Gasteiger partial charge in [-0.15, -0.1) is 0 Å². The van der Waals surface area contributed by atoms with E-state index in [1.54, 1.807) is 0 Å². The van der Waals surface area contributed by atoms with E-state index >= 15 is 0 Å². The molecule has 0 aromatic heterocycles. The van der Waals surface area contributed by atoms with Crippen molar-refractivity contribution in [3.05, 3.63) is 35.4 Å². The van der Waals surface area contributed by atoms with Crippen molar-refractivity contribution >= 4 is 12.9 Å². The number of para-hydroxylation sites is 1. The van der Waals surface area contributed by atoms with Crippen LogP contribution in [0.3, 0.4) is 0 Å². The summed E-state index contributed by atoms with van der Waals surface area (Å²) in [5, 5.41) is 0. The van der Waals surface area contributed by atoms with Crippen LogP contribution in [0.15, 0.2) is 29.8 Å². The molecule has 0 bridgehead atoms. The SMILES string of the molecule is CCB1OC2=C([C@H](C(C)(C)C)O1)[C@H](C(C)(C)C)Oc1ccccc12. The molecule has 0 aliphatic carbocycles. The summed E-state index contributed by atoms with van der Waals surface area (Å²) in [7, 11) is -0.209. The lowest BCUT2D eigenvalue weighted by atomic mass is 9.70. The fraction of sp³-hybridized carbons (Fsp3) is 0.600. The molecule has 0 N–H and O–H groups in total. The molecule has 0 spiro atoms. The van der Waals surface area contributed by atoms with Gasteiger partial charge in [-0.3, -0.25) is 0 Å². The number of benzene rings is 1. The quantitative estimate of drug-likeness (QED) is 0.665. The lowest BCUT2D eigenvalue weighted by molar-refractivity contribution is 0.0270. The maximum absolute atomic E-state index is 6.44. The predicted molar refractivity (Wildman–Crippen MR) is 98.9 cm³/mol. The van der Waals surface area contributed by atoms with Gasteiger partial charge in [0, 0.05) is 11.0 Å². The largest absolute Gasteiger partial charge is 0.535 e. The zero-order valence-electron chi connectivity index (χ0n) is 16.0. The normalized spacial score (nSPS) is 24.0. The highest BCUT2D eigenvalue weighted by atomic mass is 16.6. The molecule has 0 saturated heterocycles. The maximum atomic E-state index is 6.44. The van der Waals surface area contributed by atoms with Crippen LogP contribution in [0.2, 0.25) is 6.32 Å². The van der Waals surface area contributed by atoms with E-state index in [0.29, 0.717) is 0 Å². The van der Waals surface area contributed by atoms with Crippen LogP contribution in [0.5, 0.6) is 5.75 Å². The Balaban J connectivity index is 2.23. The Kier molecular flexibility index (Phi) is 4.23. The van der Waals surface area contributed by atoms with Crippen molar-refractivity contribution in [2.75, 3.05) is 0 Å². The van der Waals surface area contributed by atoms with E-state index in [1.165, 1.54) is 0 Å². The van der Waals surface area contributed by atoms with Gasteiger partial charge in [0.15, 0.2) is 0 Å². The molecular weight excluding hydrogens is 299 g/mol. The minimum atomic E-state index is -0.209. The molecule has 4 heteroatoms. The zero-order valence-corrected chi connectivity index (χ0v) is 16.0. The maximum Gasteiger partial charge on any atom is 0.525 e. The zero-order chi connectivity index (χ0) is 17.7. The van der Waals surface area contributed by atoms with E-state index in [0.717, 1.165) is 29.0 Å². The lowest BCUT2D eigenvalue weighted by Gasteiger charge is -2.47. The third-order valence-electron chi connectivity index (χ3n) is 4.65. The van der Waals surface area contributed by atoms with Crippen molar-refractivity contribution in [2.24, 2.45) is 10.8 Å². The highest BCUT2D eigenvalue weighted by Gasteiger charge is 2.49. The summed E-state index contributed by atoms with van der Waals surface area (Å²) in [5.41, 5.74) is 2.11. The summed E-state index contributed by atoms with van der Waals surface area (Å²) in [6.45, 7) is 15.4. The first kappa shape index (κ1) is 17.4. The van der Waals surface area contributed by atoms with E-state index in [9.17, 15) is 0 Å². The lowest BCUT2D eigenvalue weighted by Crippen LogP contribution is -2.50. The van der Waals surface area contributed by atoms with Crippen LogP contribution in [0.25, 0.3) is 5.76 Å². The van der Waals surface area contributed by atoms with Gasteiger partial charge in [-0.2, -0.15) is 0 Å². The summed E-state index contributed by atoms with van der Waals surface area (Å²) in [4.78, 5) is 0. The standard InChI is InChI=1S/C20H29BO3/c1-8-21-23-16-13-11-9-10-12-14(13)22-17(19(2,3)4)15(16)18(24-21)20(5,6)7/h9-12,17-18H,8H2,1-7H3/t17-,18-/m1/s1. The van der Waals surface area contributed by atoms with Crippen molar-refractivity contribution in [3.8, 4) is 5.75 Å². The summed E-state index contributed by atoms with van der Waals surface area (Å²) in [5.74, 6) is 1.87. The van der Waals surface area contributed by atoms with Gasteiger partial charge in [-0.1, -0.05) is 60.6 Å². The molecule has 1 aromatic carbocycles. The third-order valence-corrected chi connectivity index (χ3v) is 4.65. The highest BCUT2D eigenvalue weighted by molar-refractivity contribution is 6.46. The Bertz CT molecular complexity index is 652. The topological polar surface area (TPSA) is 27.7 Å². The minimum absolute atomic E-state index is 0.0243. The average molecular weight is 328 g/mol. The van der Waals surface area contributed by atoms with E-state index in [4.69, 9.17) is 14.0 Å². The molecule has 0 fully saturated rings. The molecule has 2 aliphatic heterocycles. The Morgan fingerprint density at radius 2 is 1.58 bits per heavy atom. The number of fused-ring (bicyclic) bond motifs is 2. The second-order valence-corrected chi connectivity index (χ2v) is 8.98. The first-order chi connectivity index (χ1) is 11.1. The molecule has 0 unspecified atom stereocenters. The first-order valence-electron chi connectivity index (χ1n) is 8.95. The summed E-state index contributed by atoms with van der Waals surface area (Å²) < 4.78 is 19.1. The van der Waals surface area contributed by atoms with Gasteiger partial charge >= 0.3 is 7.12 Å². The molecule has 2 atom stereocenters. The van der Waals surface area contributed by atoms with Gasteiger partial charge in [0.2, 0.25) is 0 Å². The van der Waals surface area contributed by atoms with Gasteiger partial charge in [-0.25, -0.2) is 0 Å². The van der Waals surface area contributed by atoms with E-state index in [1.807, 2.05) is 18.2 Å². The van der Waals surface area contributed by atoms with Crippen LogP contribution in [-0.2, 0) is 9.31 Å².